The highest BCUT2D eigenvalue weighted by atomic mass is 19.1. The molecule has 0 radical (unpaired) electrons. The van der Waals surface area contributed by atoms with Crippen molar-refractivity contribution in [1.82, 2.24) is 10.2 Å². The van der Waals surface area contributed by atoms with Crippen LogP contribution < -0.4 is 11.1 Å². The number of carbonyl (C=O) groups excluding carboxylic acids is 1. The quantitative estimate of drug-likeness (QED) is 0.785. The lowest BCUT2D eigenvalue weighted by Crippen LogP contribution is -2.42. The molecule has 1 atom stereocenters. The number of nitrogens with two attached hydrogens (primary N) is 1. The summed E-state index contributed by atoms with van der Waals surface area (Å²) < 4.78 is 13.0. The molecule has 0 aliphatic rings. The van der Waals surface area contributed by atoms with Crippen molar-refractivity contribution >= 4 is 11.6 Å². The number of hydrogen-bond donors (Lipinski definition) is 2. The zero-order valence-corrected chi connectivity index (χ0v) is 12.6. The molecule has 0 aliphatic heterocycles. The molecule has 0 aliphatic carbocycles. The molecular weight excluding hydrogens is 257 g/mol. The number of benzene rings is 1. The predicted molar refractivity (Wildman–Crippen MR) is 80.1 cm³/mol. The van der Waals surface area contributed by atoms with Crippen LogP contribution in [0.5, 0.6) is 0 Å². The second-order valence-corrected chi connectivity index (χ2v) is 5.79. The Morgan fingerprint density at radius 2 is 2.05 bits per heavy atom. The van der Waals surface area contributed by atoms with E-state index < -0.39 is 5.82 Å². The zero-order valence-electron chi connectivity index (χ0n) is 12.6. The third kappa shape index (κ3) is 5.17. The van der Waals surface area contributed by atoms with Crippen molar-refractivity contribution in [3.63, 3.8) is 0 Å². The van der Waals surface area contributed by atoms with Gasteiger partial charge in [0.2, 0.25) is 0 Å². The Bertz CT molecular complexity index is 450. The lowest BCUT2D eigenvalue weighted by atomic mass is 10.0. The number of carbonyl (C=O) groups is 1. The highest BCUT2D eigenvalue weighted by Gasteiger charge is 2.17. The summed E-state index contributed by atoms with van der Waals surface area (Å²) in [5.74, 6) is -0.216. The van der Waals surface area contributed by atoms with Crippen molar-refractivity contribution < 1.29 is 9.18 Å². The van der Waals surface area contributed by atoms with E-state index in [9.17, 15) is 9.18 Å². The van der Waals surface area contributed by atoms with Crippen LogP contribution in [0.3, 0.4) is 0 Å². The second-order valence-electron chi connectivity index (χ2n) is 5.79. The van der Waals surface area contributed by atoms with Crippen LogP contribution in [0, 0.1) is 11.7 Å². The number of nitrogen functional groups attached to an aromatic ring is 1. The molecule has 0 heterocycles. The summed E-state index contributed by atoms with van der Waals surface area (Å²) in [4.78, 5) is 14.2. The highest BCUT2D eigenvalue weighted by molar-refractivity contribution is 5.99. The Morgan fingerprint density at radius 3 is 2.55 bits per heavy atom. The van der Waals surface area contributed by atoms with E-state index in [1.807, 2.05) is 19.0 Å². The molecule has 0 bridgehead atoms. The molecule has 4 nitrogen and oxygen atoms in total. The van der Waals surface area contributed by atoms with Gasteiger partial charge in [-0.3, -0.25) is 4.79 Å². The fourth-order valence-corrected chi connectivity index (χ4v) is 2.19. The molecule has 112 valence electrons. The van der Waals surface area contributed by atoms with Crippen LogP contribution in [0.15, 0.2) is 18.2 Å². The van der Waals surface area contributed by atoms with E-state index in [2.05, 4.69) is 19.2 Å². The highest BCUT2D eigenvalue weighted by Crippen LogP contribution is 2.14. The van der Waals surface area contributed by atoms with Gasteiger partial charge >= 0.3 is 0 Å². The molecular formula is C15H24FN3O. The van der Waals surface area contributed by atoms with Gasteiger partial charge in [-0.2, -0.15) is 0 Å². The first kappa shape index (κ1) is 16.4. The van der Waals surface area contributed by atoms with Gasteiger partial charge < -0.3 is 16.0 Å². The number of nitrogens with zero attached hydrogens (tertiary/aromatic N) is 1. The molecule has 20 heavy (non-hydrogen) atoms. The van der Waals surface area contributed by atoms with Crippen LogP contribution in [-0.4, -0.2) is 37.5 Å². The van der Waals surface area contributed by atoms with Gasteiger partial charge in [0.1, 0.15) is 5.82 Å². The van der Waals surface area contributed by atoms with Gasteiger partial charge in [0, 0.05) is 18.3 Å². The van der Waals surface area contributed by atoms with Gasteiger partial charge in [-0.25, -0.2) is 4.39 Å². The average molecular weight is 281 g/mol. The van der Waals surface area contributed by atoms with E-state index in [1.54, 1.807) is 0 Å². The number of anilines is 1. The first-order valence-electron chi connectivity index (χ1n) is 6.80. The molecule has 0 saturated carbocycles. The molecule has 0 spiro atoms. The Balaban J connectivity index is 2.78. The monoisotopic (exact) mass is 281 g/mol. The van der Waals surface area contributed by atoms with Crippen molar-refractivity contribution in [2.75, 3.05) is 26.4 Å². The molecule has 0 fully saturated rings. The summed E-state index contributed by atoms with van der Waals surface area (Å²) in [6, 6.07) is 3.87. The van der Waals surface area contributed by atoms with Crippen molar-refractivity contribution in [3.05, 3.63) is 29.6 Å². The first-order valence-corrected chi connectivity index (χ1v) is 6.80. The lowest BCUT2D eigenvalue weighted by Gasteiger charge is -2.24. The molecule has 1 aromatic rings. The predicted octanol–water partition coefficient (Wildman–Crippen LogP) is 2.11. The Hall–Kier alpha value is -1.62. The van der Waals surface area contributed by atoms with E-state index in [-0.39, 0.29) is 17.6 Å². The van der Waals surface area contributed by atoms with E-state index in [0.717, 1.165) is 19.0 Å². The summed E-state index contributed by atoms with van der Waals surface area (Å²) in [7, 11) is 3.93. The summed E-state index contributed by atoms with van der Waals surface area (Å²) >= 11 is 0. The number of amides is 1. The fraction of sp³-hybridized carbons (Fsp3) is 0.533. The minimum absolute atomic E-state index is 0.0435. The zero-order chi connectivity index (χ0) is 15.3. The van der Waals surface area contributed by atoms with Gasteiger partial charge in [-0.15, -0.1) is 0 Å². The number of nitrogens with one attached hydrogen (secondary N) is 1. The fourth-order valence-electron chi connectivity index (χ4n) is 2.19. The van der Waals surface area contributed by atoms with E-state index >= 15 is 0 Å². The summed E-state index contributed by atoms with van der Waals surface area (Å²) in [6.07, 6.45) is 0.880. The van der Waals surface area contributed by atoms with Crippen LogP contribution in [0.4, 0.5) is 10.1 Å². The molecule has 0 aromatic heterocycles. The summed E-state index contributed by atoms with van der Waals surface area (Å²) in [5.41, 5.74) is 6.17. The smallest absolute Gasteiger partial charge is 0.253 e. The van der Waals surface area contributed by atoms with Gasteiger partial charge in [0.05, 0.1) is 5.56 Å². The van der Waals surface area contributed by atoms with E-state index in [1.165, 1.54) is 12.1 Å². The molecule has 1 aromatic carbocycles. The Morgan fingerprint density at radius 1 is 1.40 bits per heavy atom. The first-order chi connectivity index (χ1) is 9.29. The Kier molecular flexibility index (Phi) is 5.95. The van der Waals surface area contributed by atoms with Crippen LogP contribution in [0.2, 0.25) is 0 Å². The van der Waals surface area contributed by atoms with Crippen LogP contribution in [0.25, 0.3) is 0 Å². The standard InChI is InChI=1S/C15H24FN3O/c1-10(2)7-12(9-19(3)4)18-15(20)13-6-5-11(16)8-14(13)17/h5-6,8,10,12H,7,9,17H2,1-4H3,(H,18,20). The van der Waals surface area contributed by atoms with Gasteiger partial charge in [0.25, 0.3) is 5.91 Å². The van der Waals surface area contributed by atoms with Gasteiger partial charge in [0.15, 0.2) is 0 Å². The number of likely N-dealkylation sites (N-methyl/N-ethyl adjacent to an activating group) is 1. The van der Waals surface area contributed by atoms with Gasteiger partial charge in [-0.1, -0.05) is 13.8 Å². The molecule has 0 saturated heterocycles. The van der Waals surface area contributed by atoms with Crippen molar-refractivity contribution in [1.29, 1.82) is 0 Å². The average Bonchev–Trinajstić information content (AvgIpc) is 2.26. The summed E-state index contributed by atoms with van der Waals surface area (Å²) in [5, 5.41) is 2.97. The van der Waals surface area contributed by atoms with Crippen LogP contribution in [-0.2, 0) is 0 Å². The van der Waals surface area contributed by atoms with Crippen molar-refractivity contribution in [3.8, 4) is 0 Å². The molecule has 1 unspecified atom stereocenters. The van der Waals surface area contributed by atoms with Crippen LogP contribution in [0.1, 0.15) is 30.6 Å². The van der Waals surface area contributed by atoms with Crippen molar-refractivity contribution in [2.45, 2.75) is 26.3 Å². The molecule has 1 rings (SSSR count). The number of rotatable bonds is 6. The van der Waals surface area contributed by atoms with Crippen LogP contribution >= 0.6 is 0 Å². The maximum Gasteiger partial charge on any atom is 0.253 e. The second kappa shape index (κ2) is 7.24. The summed E-state index contributed by atoms with van der Waals surface area (Å²) in [6.45, 7) is 4.98. The SMILES string of the molecule is CC(C)CC(CN(C)C)NC(=O)c1ccc(F)cc1N. The minimum Gasteiger partial charge on any atom is -0.398 e. The Labute approximate surface area is 120 Å². The normalized spacial score (nSPS) is 12.8. The maximum atomic E-state index is 13.0. The number of halogens is 1. The lowest BCUT2D eigenvalue weighted by molar-refractivity contribution is 0.0925. The third-order valence-electron chi connectivity index (χ3n) is 2.93. The van der Waals surface area contributed by atoms with E-state index in [4.69, 9.17) is 5.73 Å². The molecule has 1 amide bonds. The molecule has 3 N–H and O–H groups in total. The topological polar surface area (TPSA) is 58.4 Å². The molecule has 5 heteroatoms. The van der Waals surface area contributed by atoms with Gasteiger partial charge in [-0.05, 0) is 44.6 Å². The minimum atomic E-state index is -0.439. The maximum absolute atomic E-state index is 13.0. The third-order valence-corrected chi connectivity index (χ3v) is 2.93. The van der Waals surface area contributed by atoms with E-state index in [0.29, 0.717) is 11.5 Å². The number of hydrogen-bond acceptors (Lipinski definition) is 3. The largest absolute Gasteiger partial charge is 0.398 e. The van der Waals surface area contributed by atoms with Crippen molar-refractivity contribution in [2.24, 2.45) is 5.92 Å².